The number of aromatic nitrogens is 1. The number of amides is 1. The summed E-state index contributed by atoms with van der Waals surface area (Å²) in [7, 11) is 0. The summed E-state index contributed by atoms with van der Waals surface area (Å²) in [4.78, 5) is 32.6. The number of nitrogens with zero attached hydrogens (tertiary/aromatic N) is 3. The smallest absolute Gasteiger partial charge is 0.255 e. The molecule has 1 amide bonds. The fourth-order valence-electron chi connectivity index (χ4n) is 3.17. The summed E-state index contributed by atoms with van der Waals surface area (Å²) in [5, 5.41) is 2.85. The first-order chi connectivity index (χ1) is 12.6. The molecule has 0 aliphatic carbocycles. The molecule has 1 aromatic heterocycles. The van der Waals surface area contributed by atoms with E-state index in [1.165, 1.54) is 0 Å². The Bertz CT molecular complexity index is 781. The first-order valence-electron chi connectivity index (χ1n) is 8.94. The van der Waals surface area contributed by atoms with Crippen molar-refractivity contribution in [3.8, 4) is 0 Å². The van der Waals surface area contributed by atoms with Gasteiger partial charge >= 0.3 is 0 Å². The number of carbonyl (C=O) groups excluding carboxylic acids is 2. The lowest BCUT2D eigenvalue weighted by molar-refractivity contribution is 0.0954. The van der Waals surface area contributed by atoms with Crippen LogP contribution < -0.4 is 15.1 Å². The van der Waals surface area contributed by atoms with Gasteiger partial charge < -0.3 is 15.1 Å². The summed E-state index contributed by atoms with van der Waals surface area (Å²) in [6, 6.07) is 11.3. The number of rotatable bonds is 5. The molecule has 0 spiro atoms. The van der Waals surface area contributed by atoms with E-state index in [1.54, 1.807) is 19.2 Å². The molecule has 1 N–H and O–H groups in total. The standard InChI is InChI=1S/C20H24N4O2/c1-3-21-20(26)18-5-4-10-22-19(18)24-13-11-23(12-14-24)17-8-6-16(7-9-17)15(2)25/h4-10H,3,11-14H2,1-2H3,(H,21,26). The molecule has 1 aromatic carbocycles. The first kappa shape index (κ1) is 17.9. The predicted octanol–water partition coefficient (Wildman–Crippen LogP) is 2.36. The van der Waals surface area contributed by atoms with Crippen LogP contribution in [0.3, 0.4) is 0 Å². The molecule has 6 nitrogen and oxygen atoms in total. The van der Waals surface area contributed by atoms with Crippen molar-refractivity contribution in [2.24, 2.45) is 0 Å². The van der Waals surface area contributed by atoms with Crippen LogP contribution >= 0.6 is 0 Å². The van der Waals surface area contributed by atoms with E-state index in [1.807, 2.05) is 37.3 Å². The molecule has 6 heteroatoms. The maximum absolute atomic E-state index is 12.3. The molecule has 3 rings (SSSR count). The van der Waals surface area contributed by atoms with Gasteiger partial charge in [0, 0.05) is 50.2 Å². The summed E-state index contributed by atoms with van der Waals surface area (Å²) < 4.78 is 0. The van der Waals surface area contributed by atoms with E-state index in [0.29, 0.717) is 12.1 Å². The maximum atomic E-state index is 12.3. The van der Waals surface area contributed by atoms with Crippen LogP contribution in [0.25, 0.3) is 0 Å². The molecule has 2 aromatic rings. The van der Waals surface area contributed by atoms with Crippen LogP contribution in [0, 0.1) is 0 Å². The van der Waals surface area contributed by atoms with Crippen LogP contribution in [0.5, 0.6) is 0 Å². The second-order valence-electron chi connectivity index (χ2n) is 6.31. The van der Waals surface area contributed by atoms with Crippen LogP contribution in [-0.2, 0) is 0 Å². The van der Waals surface area contributed by atoms with Crippen molar-refractivity contribution in [3.63, 3.8) is 0 Å². The molecular formula is C20H24N4O2. The van der Waals surface area contributed by atoms with Crippen molar-refractivity contribution >= 4 is 23.2 Å². The zero-order valence-corrected chi connectivity index (χ0v) is 15.2. The fraction of sp³-hybridized carbons (Fsp3) is 0.350. The van der Waals surface area contributed by atoms with Crippen LogP contribution in [-0.4, -0.2) is 49.4 Å². The molecule has 1 fully saturated rings. The minimum Gasteiger partial charge on any atom is -0.368 e. The molecular weight excluding hydrogens is 328 g/mol. The van der Waals surface area contributed by atoms with E-state index in [4.69, 9.17) is 0 Å². The minimum atomic E-state index is -0.0853. The molecule has 136 valence electrons. The van der Waals surface area contributed by atoms with Crippen molar-refractivity contribution in [1.29, 1.82) is 0 Å². The summed E-state index contributed by atoms with van der Waals surface area (Å²) >= 11 is 0. The second-order valence-corrected chi connectivity index (χ2v) is 6.31. The highest BCUT2D eigenvalue weighted by Crippen LogP contribution is 2.22. The third-order valence-corrected chi connectivity index (χ3v) is 4.59. The highest BCUT2D eigenvalue weighted by Gasteiger charge is 2.22. The number of piperazine rings is 1. The van der Waals surface area contributed by atoms with Gasteiger partial charge in [0.1, 0.15) is 5.82 Å². The lowest BCUT2D eigenvalue weighted by atomic mass is 10.1. The lowest BCUT2D eigenvalue weighted by Gasteiger charge is -2.37. The van der Waals surface area contributed by atoms with Crippen LogP contribution in [0.4, 0.5) is 11.5 Å². The molecule has 0 bridgehead atoms. The molecule has 1 aliphatic rings. The quantitative estimate of drug-likeness (QED) is 0.837. The average Bonchev–Trinajstić information content (AvgIpc) is 2.68. The number of ketones is 1. The molecule has 0 radical (unpaired) electrons. The number of hydrogen-bond donors (Lipinski definition) is 1. The monoisotopic (exact) mass is 352 g/mol. The number of benzene rings is 1. The van der Waals surface area contributed by atoms with E-state index >= 15 is 0 Å². The zero-order valence-electron chi connectivity index (χ0n) is 15.2. The SMILES string of the molecule is CCNC(=O)c1cccnc1N1CCN(c2ccc(C(C)=O)cc2)CC1. The number of nitrogens with one attached hydrogen (secondary N) is 1. The van der Waals surface area contributed by atoms with Gasteiger partial charge in [0.25, 0.3) is 5.91 Å². The second kappa shape index (κ2) is 7.99. The Labute approximate surface area is 153 Å². The molecule has 0 atom stereocenters. The van der Waals surface area contributed by atoms with Gasteiger partial charge in [0.2, 0.25) is 0 Å². The maximum Gasteiger partial charge on any atom is 0.255 e. The van der Waals surface area contributed by atoms with Crippen molar-refractivity contribution in [3.05, 3.63) is 53.7 Å². The summed E-state index contributed by atoms with van der Waals surface area (Å²) in [5.74, 6) is 0.734. The van der Waals surface area contributed by atoms with Crippen molar-refractivity contribution in [1.82, 2.24) is 10.3 Å². The van der Waals surface area contributed by atoms with Crippen LogP contribution in [0.2, 0.25) is 0 Å². The molecule has 26 heavy (non-hydrogen) atoms. The van der Waals surface area contributed by atoms with Crippen LogP contribution in [0.1, 0.15) is 34.6 Å². The number of carbonyl (C=O) groups is 2. The van der Waals surface area contributed by atoms with Gasteiger partial charge in [-0.3, -0.25) is 9.59 Å². The first-order valence-corrected chi connectivity index (χ1v) is 8.94. The Morgan fingerprint density at radius 3 is 2.31 bits per heavy atom. The summed E-state index contributed by atoms with van der Waals surface area (Å²) in [6.45, 7) is 7.33. The Balaban J connectivity index is 1.69. The Kier molecular flexibility index (Phi) is 5.51. The number of pyridine rings is 1. The van der Waals surface area contributed by atoms with Gasteiger partial charge in [-0.25, -0.2) is 4.98 Å². The highest BCUT2D eigenvalue weighted by atomic mass is 16.1. The molecule has 2 heterocycles. The third-order valence-electron chi connectivity index (χ3n) is 4.59. The number of hydrogen-bond acceptors (Lipinski definition) is 5. The molecule has 0 saturated carbocycles. The number of anilines is 2. The Morgan fingerprint density at radius 2 is 1.69 bits per heavy atom. The van der Waals surface area contributed by atoms with Gasteiger partial charge in [-0.15, -0.1) is 0 Å². The van der Waals surface area contributed by atoms with Gasteiger partial charge in [-0.05, 0) is 50.2 Å². The summed E-state index contributed by atoms with van der Waals surface area (Å²) in [6.07, 6.45) is 1.73. The minimum absolute atomic E-state index is 0.0782. The van der Waals surface area contributed by atoms with E-state index < -0.39 is 0 Å². The largest absolute Gasteiger partial charge is 0.368 e. The van der Waals surface area contributed by atoms with Gasteiger partial charge in [-0.2, -0.15) is 0 Å². The highest BCUT2D eigenvalue weighted by molar-refractivity contribution is 5.99. The van der Waals surface area contributed by atoms with Crippen molar-refractivity contribution in [2.45, 2.75) is 13.8 Å². The molecule has 1 aliphatic heterocycles. The van der Waals surface area contributed by atoms with E-state index in [9.17, 15) is 9.59 Å². The third kappa shape index (κ3) is 3.85. The van der Waals surface area contributed by atoms with E-state index in [0.717, 1.165) is 43.2 Å². The van der Waals surface area contributed by atoms with Crippen molar-refractivity contribution in [2.75, 3.05) is 42.5 Å². The summed E-state index contributed by atoms with van der Waals surface area (Å²) in [5.41, 5.74) is 2.46. The molecule has 0 unspecified atom stereocenters. The van der Waals surface area contributed by atoms with Gasteiger partial charge in [-0.1, -0.05) is 0 Å². The topological polar surface area (TPSA) is 65.5 Å². The lowest BCUT2D eigenvalue weighted by Crippen LogP contribution is -2.47. The Morgan fingerprint density at radius 1 is 1.04 bits per heavy atom. The van der Waals surface area contributed by atoms with Crippen molar-refractivity contribution < 1.29 is 9.59 Å². The van der Waals surface area contributed by atoms with E-state index in [-0.39, 0.29) is 11.7 Å². The predicted molar refractivity (Wildman–Crippen MR) is 103 cm³/mol. The van der Waals surface area contributed by atoms with Gasteiger partial charge in [0.15, 0.2) is 5.78 Å². The zero-order chi connectivity index (χ0) is 18.5. The Hall–Kier alpha value is -2.89. The normalized spacial score (nSPS) is 14.2. The number of Topliss-reactive ketones (excluding diaryl/α,β-unsaturated/α-hetero) is 1. The van der Waals surface area contributed by atoms with Gasteiger partial charge in [0.05, 0.1) is 5.56 Å². The van der Waals surface area contributed by atoms with Crippen LogP contribution in [0.15, 0.2) is 42.6 Å². The fourth-order valence-corrected chi connectivity index (χ4v) is 3.17. The van der Waals surface area contributed by atoms with E-state index in [2.05, 4.69) is 20.1 Å². The molecule has 1 saturated heterocycles. The average molecular weight is 352 g/mol.